The predicted octanol–water partition coefficient (Wildman–Crippen LogP) is -3.54. The smallest absolute Gasteiger partial charge is 0.335 e. The number of nitrogens with one attached hydrogen (secondary N) is 2. The molecule has 1 aliphatic rings. The van der Waals surface area contributed by atoms with E-state index >= 15 is 0 Å². The second kappa shape index (κ2) is 8.55. The monoisotopic (exact) mass is 397 g/mol. The van der Waals surface area contributed by atoms with Gasteiger partial charge in [0.1, 0.15) is 24.5 Å². The maximum atomic E-state index is 11.5. The van der Waals surface area contributed by atoms with Crippen LogP contribution in [0.25, 0.3) is 0 Å². The van der Waals surface area contributed by atoms with E-state index in [1.54, 1.807) is 0 Å². The molecule has 1 aromatic heterocycles. The highest BCUT2D eigenvalue weighted by Gasteiger charge is 2.46. The molecule has 0 spiro atoms. The number of aromatic nitrogens is 2. The lowest BCUT2D eigenvalue weighted by molar-refractivity contribution is -0.800. The second-order valence-electron chi connectivity index (χ2n) is 5.30. The molecular weight excluding hydrogens is 378 g/mol. The summed E-state index contributed by atoms with van der Waals surface area (Å²) in [5.41, 5.74) is -0.410. The largest absolute Gasteiger partial charge is 0.748 e. The Morgan fingerprint density at radius 3 is 2.72 bits per heavy atom. The molecule has 25 heavy (non-hydrogen) atoms. The zero-order chi connectivity index (χ0) is 18.6. The summed E-state index contributed by atoms with van der Waals surface area (Å²) in [4.78, 5) is 14.1. The second-order valence-corrected chi connectivity index (χ2v) is 7.78. The lowest BCUT2D eigenvalue weighted by Gasteiger charge is -2.15. The number of aliphatic hydroxyl groups excluding tert-OH is 3. The lowest BCUT2D eigenvalue weighted by atomic mass is 10.1. The van der Waals surface area contributed by atoms with Crippen LogP contribution in [0, 0.1) is 0 Å². The molecule has 11 nitrogen and oxygen atoms in total. The van der Waals surface area contributed by atoms with Crippen LogP contribution < -0.4 is 15.4 Å². The van der Waals surface area contributed by atoms with Crippen LogP contribution in [0.3, 0.4) is 0 Å². The van der Waals surface area contributed by atoms with Gasteiger partial charge in [0.2, 0.25) is 6.23 Å². The highest BCUT2D eigenvalue weighted by Crippen LogP contribution is 2.26. The van der Waals surface area contributed by atoms with E-state index < -0.39 is 52.6 Å². The minimum atomic E-state index is -4.31. The van der Waals surface area contributed by atoms with Crippen molar-refractivity contribution in [3.63, 3.8) is 0 Å². The van der Waals surface area contributed by atoms with Gasteiger partial charge >= 0.3 is 10.7 Å². The summed E-state index contributed by atoms with van der Waals surface area (Å²) >= 11 is 1.07. The SMILES string of the molecule is O=c1cc[n+]([C@@H]2O[C@H](CO)[C@@H](O)[C@H]2O)c(SCNCCS(=O)(=O)[O-])[nH]1. The number of thioether (sulfide) groups is 1. The van der Waals surface area contributed by atoms with Crippen molar-refractivity contribution in [2.24, 2.45) is 0 Å². The Morgan fingerprint density at radius 1 is 1.40 bits per heavy atom. The minimum absolute atomic E-state index is 0.0518. The van der Waals surface area contributed by atoms with Gasteiger partial charge in [-0.1, -0.05) is 0 Å². The average molecular weight is 397 g/mol. The van der Waals surface area contributed by atoms with Crippen LogP contribution in [0.5, 0.6) is 0 Å². The highest BCUT2D eigenvalue weighted by molar-refractivity contribution is 7.99. The molecule has 1 aliphatic heterocycles. The van der Waals surface area contributed by atoms with Crippen LogP contribution in [0.2, 0.25) is 0 Å². The number of hydrogen-bond donors (Lipinski definition) is 5. The Balaban J connectivity index is 2.06. The zero-order valence-corrected chi connectivity index (χ0v) is 14.6. The molecule has 4 atom stereocenters. The van der Waals surface area contributed by atoms with Crippen molar-refractivity contribution in [3.8, 4) is 0 Å². The standard InChI is InChI=1S/C12H19N3O8S2/c16-5-7-9(18)10(19)11(23-7)15-3-1-8(17)14-12(15)24-6-13-2-4-25(20,21)22/h1,3,7,9-11,13,16,18-19H,2,4-6H2,(H,20,21,22)/t7-,9-,10-,11-/m1/s1. The van der Waals surface area contributed by atoms with Crippen LogP contribution in [0.4, 0.5) is 0 Å². The van der Waals surface area contributed by atoms with Crippen molar-refractivity contribution in [2.45, 2.75) is 29.7 Å². The topological polar surface area (TPSA) is 176 Å². The van der Waals surface area contributed by atoms with Crippen molar-refractivity contribution in [3.05, 3.63) is 22.6 Å². The maximum absolute atomic E-state index is 11.5. The maximum Gasteiger partial charge on any atom is 0.335 e. The fourth-order valence-corrected chi connectivity index (χ4v) is 3.50. The number of hydrogen-bond acceptors (Lipinski definition) is 10. The van der Waals surface area contributed by atoms with Gasteiger partial charge in [0.05, 0.1) is 34.4 Å². The van der Waals surface area contributed by atoms with Gasteiger partial charge in [0, 0.05) is 6.54 Å². The van der Waals surface area contributed by atoms with Gasteiger partial charge in [-0.25, -0.2) is 18.2 Å². The molecule has 142 valence electrons. The van der Waals surface area contributed by atoms with Gasteiger partial charge in [0.25, 0.3) is 0 Å². The molecule has 2 heterocycles. The summed E-state index contributed by atoms with van der Waals surface area (Å²) in [6.07, 6.45) is -3.21. The van der Waals surface area contributed by atoms with Gasteiger partial charge < -0.3 is 29.9 Å². The lowest BCUT2D eigenvalue weighted by Crippen LogP contribution is -2.49. The third-order valence-corrected chi connectivity index (χ3v) is 5.12. The van der Waals surface area contributed by atoms with Crippen molar-refractivity contribution in [1.29, 1.82) is 0 Å². The molecule has 0 radical (unpaired) electrons. The molecule has 1 fully saturated rings. The van der Waals surface area contributed by atoms with Crippen LogP contribution in [0.1, 0.15) is 6.23 Å². The first kappa shape index (κ1) is 20.3. The molecule has 0 aromatic carbocycles. The third kappa shape index (κ3) is 5.46. The van der Waals surface area contributed by atoms with E-state index in [1.165, 1.54) is 16.8 Å². The Morgan fingerprint density at radius 2 is 2.12 bits per heavy atom. The van der Waals surface area contributed by atoms with Crippen LogP contribution in [-0.4, -0.2) is 76.4 Å². The Kier molecular flexibility index (Phi) is 6.93. The molecule has 0 amide bonds. The number of H-pyrrole nitrogens is 1. The summed E-state index contributed by atoms with van der Waals surface area (Å²) in [7, 11) is -4.31. The summed E-state index contributed by atoms with van der Waals surface area (Å²) in [5, 5.41) is 32.1. The normalized spacial score (nSPS) is 26.9. The van der Waals surface area contributed by atoms with E-state index in [0.29, 0.717) is 0 Å². The predicted molar refractivity (Wildman–Crippen MR) is 83.6 cm³/mol. The van der Waals surface area contributed by atoms with Crippen molar-refractivity contribution < 1.29 is 37.6 Å². The van der Waals surface area contributed by atoms with E-state index in [2.05, 4.69) is 10.3 Å². The first-order chi connectivity index (χ1) is 11.7. The van der Waals surface area contributed by atoms with E-state index in [0.717, 1.165) is 11.8 Å². The Labute approximate surface area is 147 Å². The van der Waals surface area contributed by atoms with Gasteiger partial charge in [-0.2, -0.15) is 4.57 Å². The molecule has 13 heteroatoms. The summed E-state index contributed by atoms with van der Waals surface area (Å²) in [5.74, 6) is -0.391. The third-order valence-electron chi connectivity index (χ3n) is 3.48. The van der Waals surface area contributed by atoms with Crippen LogP contribution >= 0.6 is 11.8 Å². The van der Waals surface area contributed by atoms with Crippen molar-refractivity contribution >= 4 is 21.9 Å². The summed E-state index contributed by atoms with van der Waals surface area (Å²) in [6, 6.07) is 1.20. The summed E-state index contributed by atoms with van der Waals surface area (Å²) < 4.78 is 38.4. The quantitative estimate of drug-likeness (QED) is 0.0737. The van der Waals surface area contributed by atoms with Crippen LogP contribution in [0.15, 0.2) is 22.2 Å². The van der Waals surface area contributed by atoms with Crippen LogP contribution in [-0.2, 0) is 14.9 Å². The van der Waals surface area contributed by atoms with E-state index in [1.807, 2.05) is 0 Å². The zero-order valence-electron chi connectivity index (χ0n) is 12.9. The average Bonchev–Trinajstić information content (AvgIpc) is 2.81. The first-order valence-electron chi connectivity index (χ1n) is 7.27. The molecule has 0 saturated carbocycles. The molecular formula is C12H19N3O8S2. The Bertz CT molecular complexity index is 740. The molecule has 0 unspecified atom stereocenters. The van der Waals surface area contributed by atoms with Crippen molar-refractivity contribution in [2.75, 3.05) is 24.8 Å². The number of ether oxygens (including phenoxy) is 1. The number of rotatable bonds is 8. The van der Waals surface area contributed by atoms with Gasteiger partial charge in [0.15, 0.2) is 0 Å². The fourth-order valence-electron chi connectivity index (χ4n) is 2.24. The van der Waals surface area contributed by atoms with Gasteiger partial charge in [-0.3, -0.25) is 0 Å². The molecule has 0 bridgehead atoms. The fraction of sp³-hybridized carbons (Fsp3) is 0.667. The molecule has 5 N–H and O–H groups in total. The first-order valence-corrected chi connectivity index (χ1v) is 9.83. The molecule has 0 aliphatic carbocycles. The van der Waals surface area contributed by atoms with Gasteiger partial charge in [-0.15, -0.1) is 0 Å². The van der Waals surface area contributed by atoms with E-state index in [4.69, 9.17) is 9.84 Å². The summed E-state index contributed by atoms with van der Waals surface area (Å²) in [6.45, 7) is -0.532. The van der Waals surface area contributed by atoms with Crippen molar-refractivity contribution in [1.82, 2.24) is 10.3 Å². The molecule has 1 aromatic rings. The molecule has 2 rings (SSSR count). The van der Waals surface area contributed by atoms with E-state index in [-0.39, 0.29) is 17.6 Å². The number of aromatic amines is 1. The number of nitrogens with zero attached hydrogens (tertiary/aromatic N) is 1. The minimum Gasteiger partial charge on any atom is -0.748 e. The molecule has 1 saturated heterocycles. The number of aliphatic hydroxyl groups is 3. The highest BCUT2D eigenvalue weighted by atomic mass is 32.2. The van der Waals surface area contributed by atoms with Gasteiger partial charge in [-0.05, 0) is 11.8 Å². The van der Waals surface area contributed by atoms with E-state index in [9.17, 15) is 28.0 Å². The Hall–Kier alpha value is -1.06.